The lowest BCUT2D eigenvalue weighted by atomic mass is 10.3. The van der Waals surface area contributed by atoms with E-state index < -0.39 is 0 Å². The summed E-state index contributed by atoms with van der Waals surface area (Å²) in [4.78, 5) is 0. The number of benzene rings is 1. The molecule has 1 aromatic rings. The van der Waals surface area contributed by atoms with Gasteiger partial charge in [-0.25, -0.2) is 0 Å². The van der Waals surface area contributed by atoms with Crippen molar-refractivity contribution in [2.24, 2.45) is 0 Å². The molecule has 0 fully saturated rings. The molecule has 0 aliphatic heterocycles. The Balaban J connectivity index is 2.41. The fourth-order valence-corrected chi connectivity index (χ4v) is 1.44. The molecular formula is C9H11FIN. The summed E-state index contributed by atoms with van der Waals surface area (Å²) >= 11 is 2.25. The van der Waals surface area contributed by atoms with Gasteiger partial charge in [-0.05, 0) is 47.2 Å². The van der Waals surface area contributed by atoms with Crippen LogP contribution in [0.1, 0.15) is 6.42 Å². The highest BCUT2D eigenvalue weighted by atomic mass is 127. The van der Waals surface area contributed by atoms with Gasteiger partial charge in [0, 0.05) is 15.8 Å². The summed E-state index contributed by atoms with van der Waals surface area (Å²) in [6, 6.07) is 8.04. The van der Waals surface area contributed by atoms with Gasteiger partial charge >= 0.3 is 0 Å². The maximum atomic E-state index is 11.7. The zero-order chi connectivity index (χ0) is 8.81. The van der Waals surface area contributed by atoms with Gasteiger partial charge in [-0.2, -0.15) is 0 Å². The normalized spacial score (nSPS) is 9.83. The Kier molecular flexibility index (Phi) is 4.35. The number of nitrogens with one attached hydrogen (secondary N) is 1. The lowest BCUT2D eigenvalue weighted by molar-refractivity contribution is 0.481. The highest BCUT2D eigenvalue weighted by Gasteiger charge is 1.91. The first-order chi connectivity index (χ1) is 5.83. The SMILES string of the molecule is FCCCNc1cccc(I)c1. The molecule has 1 rings (SSSR count). The first-order valence-electron chi connectivity index (χ1n) is 3.88. The van der Waals surface area contributed by atoms with Crippen molar-refractivity contribution in [2.45, 2.75) is 6.42 Å². The standard InChI is InChI=1S/C9H11FIN/c10-5-2-6-12-9-4-1-3-8(11)7-9/h1,3-4,7,12H,2,5-6H2. The van der Waals surface area contributed by atoms with Crippen molar-refractivity contribution in [3.05, 3.63) is 27.8 Å². The first kappa shape index (κ1) is 9.77. The van der Waals surface area contributed by atoms with E-state index in [9.17, 15) is 4.39 Å². The van der Waals surface area contributed by atoms with Gasteiger partial charge in [0.05, 0.1) is 6.67 Å². The molecular weight excluding hydrogens is 268 g/mol. The fourth-order valence-electron chi connectivity index (χ4n) is 0.898. The van der Waals surface area contributed by atoms with Gasteiger partial charge in [0.1, 0.15) is 0 Å². The quantitative estimate of drug-likeness (QED) is 0.659. The summed E-state index contributed by atoms with van der Waals surface area (Å²) < 4.78 is 12.9. The fraction of sp³-hybridized carbons (Fsp3) is 0.333. The molecule has 12 heavy (non-hydrogen) atoms. The third-order valence-corrected chi connectivity index (χ3v) is 2.14. The van der Waals surface area contributed by atoms with E-state index in [0.29, 0.717) is 13.0 Å². The summed E-state index contributed by atoms with van der Waals surface area (Å²) in [6.45, 7) is 0.452. The molecule has 66 valence electrons. The van der Waals surface area contributed by atoms with Crippen molar-refractivity contribution in [1.29, 1.82) is 0 Å². The van der Waals surface area contributed by atoms with Gasteiger partial charge in [0.25, 0.3) is 0 Å². The van der Waals surface area contributed by atoms with Crippen LogP contribution in [0.15, 0.2) is 24.3 Å². The average molecular weight is 279 g/mol. The number of alkyl halides is 1. The monoisotopic (exact) mass is 279 g/mol. The van der Waals surface area contributed by atoms with Crippen molar-refractivity contribution < 1.29 is 4.39 Å². The lowest BCUT2D eigenvalue weighted by Crippen LogP contribution is -2.01. The van der Waals surface area contributed by atoms with E-state index in [-0.39, 0.29) is 6.67 Å². The molecule has 1 aromatic carbocycles. The molecule has 0 amide bonds. The number of anilines is 1. The van der Waals surface area contributed by atoms with E-state index in [1.54, 1.807) is 0 Å². The highest BCUT2D eigenvalue weighted by molar-refractivity contribution is 14.1. The van der Waals surface area contributed by atoms with Crippen molar-refractivity contribution in [2.75, 3.05) is 18.5 Å². The third kappa shape index (κ3) is 3.38. The topological polar surface area (TPSA) is 12.0 Å². The molecule has 0 atom stereocenters. The summed E-state index contributed by atoms with van der Waals surface area (Å²) in [5.74, 6) is 0. The average Bonchev–Trinajstić information content (AvgIpc) is 2.05. The van der Waals surface area contributed by atoms with Crippen LogP contribution in [0.2, 0.25) is 0 Å². The summed E-state index contributed by atoms with van der Waals surface area (Å²) in [5, 5.41) is 3.14. The second-order valence-corrected chi connectivity index (χ2v) is 3.73. The van der Waals surface area contributed by atoms with Gasteiger partial charge in [-0.15, -0.1) is 0 Å². The largest absolute Gasteiger partial charge is 0.385 e. The van der Waals surface area contributed by atoms with E-state index in [0.717, 1.165) is 5.69 Å². The molecule has 3 heteroatoms. The van der Waals surface area contributed by atoms with Crippen LogP contribution in [-0.2, 0) is 0 Å². The Bertz CT molecular complexity index is 240. The molecule has 1 nitrogen and oxygen atoms in total. The van der Waals surface area contributed by atoms with Gasteiger partial charge in [-0.1, -0.05) is 6.07 Å². The summed E-state index contributed by atoms with van der Waals surface area (Å²) in [7, 11) is 0. The van der Waals surface area contributed by atoms with E-state index in [2.05, 4.69) is 27.9 Å². The zero-order valence-corrected chi connectivity index (χ0v) is 8.84. The number of hydrogen-bond acceptors (Lipinski definition) is 1. The van der Waals surface area contributed by atoms with Gasteiger partial charge in [0.15, 0.2) is 0 Å². The van der Waals surface area contributed by atoms with E-state index in [4.69, 9.17) is 0 Å². The van der Waals surface area contributed by atoms with Crippen LogP contribution in [0, 0.1) is 3.57 Å². The van der Waals surface area contributed by atoms with E-state index in [1.165, 1.54) is 3.57 Å². The molecule has 0 unspecified atom stereocenters. The van der Waals surface area contributed by atoms with Crippen molar-refractivity contribution in [3.8, 4) is 0 Å². The first-order valence-corrected chi connectivity index (χ1v) is 4.96. The van der Waals surface area contributed by atoms with Crippen LogP contribution in [0.4, 0.5) is 10.1 Å². The van der Waals surface area contributed by atoms with Crippen LogP contribution in [0.5, 0.6) is 0 Å². The molecule has 0 saturated carbocycles. The Labute approximate surface area is 85.5 Å². The lowest BCUT2D eigenvalue weighted by Gasteiger charge is -2.04. The minimum absolute atomic E-state index is 0.253. The Hall–Kier alpha value is -0.320. The minimum Gasteiger partial charge on any atom is -0.385 e. The smallest absolute Gasteiger partial charge is 0.0911 e. The van der Waals surface area contributed by atoms with Crippen LogP contribution in [0.3, 0.4) is 0 Å². The predicted molar refractivity (Wildman–Crippen MR) is 58.2 cm³/mol. The second-order valence-electron chi connectivity index (χ2n) is 2.48. The molecule has 0 heterocycles. The maximum absolute atomic E-state index is 11.7. The Morgan fingerprint density at radius 1 is 1.42 bits per heavy atom. The van der Waals surface area contributed by atoms with Crippen LogP contribution in [-0.4, -0.2) is 13.2 Å². The van der Waals surface area contributed by atoms with Crippen LogP contribution in [0.25, 0.3) is 0 Å². The number of hydrogen-bond donors (Lipinski definition) is 1. The summed E-state index contributed by atoms with van der Waals surface area (Å²) in [6.07, 6.45) is 0.575. The zero-order valence-electron chi connectivity index (χ0n) is 6.69. The van der Waals surface area contributed by atoms with E-state index in [1.807, 2.05) is 24.3 Å². The van der Waals surface area contributed by atoms with Gasteiger partial charge < -0.3 is 5.32 Å². The molecule has 1 N–H and O–H groups in total. The molecule has 0 spiro atoms. The molecule has 0 aliphatic rings. The molecule has 0 aromatic heterocycles. The minimum atomic E-state index is -0.253. The van der Waals surface area contributed by atoms with Crippen LogP contribution < -0.4 is 5.32 Å². The van der Waals surface area contributed by atoms with Crippen LogP contribution >= 0.6 is 22.6 Å². The summed E-state index contributed by atoms with van der Waals surface area (Å²) in [5.41, 5.74) is 1.07. The maximum Gasteiger partial charge on any atom is 0.0911 e. The Morgan fingerprint density at radius 2 is 2.25 bits per heavy atom. The van der Waals surface area contributed by atoms with E-state index >= 15 is 0 Å². The Morgan fingerprint density at radius 3 is 2.92 bits per heavy atom. The van der Waals surface area contributed by atoms with Crippen molar-refractivity contribution in [3.63, 3.8) is 0 Å². The highest BCUT2D eigenvalue weighted by Crippen LogP contribution is 2.11. The van der Waals surface area contributed by atoms with Crippen molar-refractivity contribution in [1.82, 2.24) is 0 Å². The van der Waals surface area contributed by atoms with Gasteiger partial charge in [0.2, 0.25) is 0 Å². The molecule has 0 bridgehead atoms. The number of halogens is 2. The molecule has 0 saturated heterocycles. The molecule has 0 aliphatic carbocycles. The second kappa shape index (κ2) is 5.35. The third-order valence-electron chi connectivity index (χ3n) is 1.46. The molecule has 0 radical (unpaired) electrons. The predicted octanol–water partition coefficient (Wildman–Crippen LogP) is 3.06. The number of rotatable bonds is 4. The van der Waals surface area contributed by atoms with Gasteiger partial charge in [-0.3, -0.25) is 4.39 Å². The van der Waals surface area contributed by atoms with Crippen molar-refractivity contribution >= 4 is 28.3 Å².